The fraction of sp³-hybridized carbons (Fsp3) is 0.875. The number of amides is 1. The van der Waals surface area contributed by atoms with E-state index in [4.69, 9.17) is 0 Å². The summed E-state index contributed by atoms with van der Waals surface area (Å²) in [6.07, 6.45) is 0. The van der Waals surface area contributed by atoms with Crippen molar-refractivity contribution in [2.24, 2.45) is 0 Å². The summed E-state index contributed by atoms with van der Waals surface area (Å²) in [4.78, 5) is 13.0. The van der Waals surface area contributed by atoms with Gasteiger partial charge in [-0.15, -0.1) is 12.4 Å². The van der Waals surface area contributed by atoms with Crippen LogP contribution >= 0.6 is 12.4 Å². The van der Waals surface area contributed by atoms with Gasteiger partial charge in [0.15, 0.2) is 0 Å². The minimum atomic E-state index is 0. The van der Waals surface area contributed by atoms with E-state index in [9.17, 15) is 4.79 Å². The highest BCUT2D eigenvalue weighted by atomic mass is 35.5. The van der Waals surface area contributed by atoms with Crippen LogP contribution in [0.5, 0.6) is 0 Å². The number of hydrogen-bond donors (Lipinski definition) is 1. The standard InChI is InChI=1S/C8H16N2O.ClH/c1-6-5-10(8(3)11)7(2)4-9-6;/h6-7,9H,4-5H2,1-3H3;1H. The lowest BCUT2D eigenvalue weighted by Gasteiger charge is -2.36. The molecular formula is C8H17ClN2O. The first kappa shape index (κ1) is 11.7. The number of carbonyl (C=O) groups excluding carboxylic acids is 1. The van der Waals surface area contributed by atoms with Crippen molar-refractivity contribution in [3.05, 3.63) is 0 Å². The van der Waals surface area contributed by atoms with Crippen LogP contribution in [-0.2, 0) is 4.79 Å². The van der Waals surface area contributed by atoms with Gasteiger partial charge < -0.3 is 10.2 Å². The van der Waals surface area contributed by atoms with E-state index < -0.39 is 0 Å². The van der Waals surface area contributed by atoms with E-state index in [1.807, 2.05) is 4.90 Å². The molecule has 0 aromatic heterocycles. The number of halogens is 1. The van der Waals surface area contributed by atoms with Crippen LogP contribution in [-0.4, -0.2) is 36.0 Å². The molecule has 1 aliphatic heterocycles. The molecule has 0 bridgehead atoms. The number of hydrogen-bond acceptors (Lipinski definition) is 2. The summed E-state index contributed by atoms with van der Waals surface area (Å²) < 4.78 is 0. The second-order valence-corrected chi connectivity index (χ2v) is 3.33. The van der Waals surface area contributed by atoms with Crippen LogP contribution in [0.25, 0.3) is 0 Å². The van der Waals surface area contributed by atoms with Crippen molar-refractivity contribution >= 4 is 18.3 Å². The Bertz CT molecular complexity index is 163. The number of rotatable bonds is 0. The van der Waals surface area contributed by atoms with Gasteiger partial charge in [0.05, 0.1) is 0 Å². The summed E-state index contributed by atoms with van der Waals surface area (Å²) in [6.45, 7) is 7.56. The lowest BCUT2D eigenvalue weighted by Crippen LogP contribution is -2.55. The lowest BCUT2D eigenvalue weighted by atomic mass is 10.1. The molecule has 1 amide bonds. The predicted molar refractivity (Wildman–Crippen MR) is 51.6 cm³/mol. The van der Waals surface area contributed by atoms with Crippen molar-refractivity contribution in [2.75, 3.05) is 13.1 Å². The van der Waals surface area contributed by atoms with Gasteiger partial charge in [0.25, 0.3) is 0 Å². The van der Waals surface area contributed by atoms with Crippen molar-refractivity contribution < 1.29 is 4.79 Å². The molecule has 1 heterocycles. The molecule has 3 nitrogen and oxygen atoms in total. The van der Waals surface area contributed by atoms with Crippen molar-refractivity contribution in [2.45, 2.75) is 32.9 Å². The maximum absolute atomic E-state index is 11.1. The van der Waals surface area contributed by atoms with Crippen molar-refractivity contribution in [3.8, 4) is 0 Å². The number of piperazine rings is 1. The van der Waals surface area contributed by atoms with E-state index in [-0.39, 0.29) is 18.3 Å². The van der Waals surface area contributed by atoms with Gasteiger partial charge in [-0.1, -0.05) is 0 Å². The zero-order valence-electron chi connectivity index (χ0n) is 7.83. The third-order valence-corrected chi connectivity index (χ3v) is 2.17. The van der Waals surface area contributed by atoms with Crippen LogP contribution in [0, 0.1) is 0 Å². The Labute approximate surface area is 79.9 Å². The zero-order valence-corrected chi connectivity index (χ0v) is 8.65. The first-order chi connectivity index (χ1) is 5.11. The molecule has 0 aromatic rings. The van der Waals surface area contributed by atoms with Crippen LogP contribution in [0.3, 0.4) is 0 Å². The number of nitrogens with one attached hydrogen (secondary N) is 1. The fourth-order valence-corrected chi connectivity index (χ4v) is 1.46. The molecule has 0 saturated carbocycles. The summed E-state index contributed by atoms with van der Waals surface area (Å²) >= 11 is 0. The van der Waals surface area contributed by atoms with Crippen LogP contribution in [0.1, 0.15) is 20.8 Å². The monoisotopic (exact) mass is 192 g/mol. The molecule has 1 rings (SSSR count). The third-order valence-electron chi connectivity index (χ3n) is 2.17. The second kappa shape index (κ2) is 4.67. The highest BCUT2D eigenvalue weighted by Crippen LogP contribution is 2.05. The molecule has 1 aliphatic rings. The first-order valence-corrected chi connectivity index (χ1v) is 4.12. The second-order valence-electron chi connectivity index (χ2n) is 3.33. The molecule has 2 unspecified atom stereocenters. The Morgan fingerprint density at radius 3 is 2.50 bits per heavy atom. The molecule has 1 N–H and O–H groups in total. The summed E-state index contributed by atoms with van der Waals surface area (Å²) in [6, 6.07) is 0.791. The van der Waals surface area contributed by atoms with E-state index >= 15 is 0 Å². The molecule has 72 valence electrons. The van der Waals surface area contributed by atoms with E-state index in [1.165, 1.54) is 0 Å². The minimum absolute atomic E-state index is 0. The van der Waals surface area contributed by atoms with Gasteiger partial charge in [-0.2, -0.15) is 0 Å². The molecule has 4 heteroatoms. The van der Waals surface area contributed by atoms with Crippen molar-refractivity contribution in [1.29, 1.82) is 0 Å². The molecule has 0 spiro atoms. The van der Waals surface area contributed by atoms with Gasteiger partial charge in [0.2, 0.25) is 5.91 Å². The highest BCUT2D eigenvalue weighted by Gasteiger charge is 2.23. The normalized spacial score (nSPS) is 29.4. The summed E-state index contributed by atoms with van der Waals surface area (Å²) in [5.41, 5.74) is 0. The lowest BCUT2D eigenvalue weighted by molar-refractivity contribution is -0.132. The van der Waals surface area contributed by atoms with Gasteiger partial charge in [0, 0.05) is 32.1 Å². The Kier molecular flexibility index (Phi) is 4.57. The van der Waals surface area contributed by atoms with Gasteiger partial charge in [-0.3, -0.25) is 4.79 Å². The Morgan fingerprint density at radius 2 is 2.08 bits per heavy atom. The largest absolute Gasteiger partial charge is 0.337 e. The van der Waals surface area contributed by atoms with Crippen molar-refractivity contribution in [3.63, 3.8) is 0 Å². The maximum atomic E-state index is 11.1. The minimum Gasteiger partial charge on any atom is -0.337 e. The molecule has 0 radical (unpaired) electrons. The predicted octanol–water partition coefficient (Wildman–Crippen LogP) is 0.637. The van der Waals surface area contributed by atoms with Crippen LogP contribution in [0.2, 0.25) is 0 Å². The zero-order chi connectivity index (χ0) is 8.43. The Balaban J connectivity index is 0.00000121. The highest BCUT2D eigenvalue weighted by molar-refractivity contribution is 5.85. The van der Waals surface area contributed by atoms with Crippen LogP contribution < -0.4 is 5.32 Å². The molecular weight excluding hydrogens is 176 g/mol. The van der Waals surface area contributed by atoms with E-state index in [1.54, 1.807) is 6.92 Å². The molecule has 1 fully saturated rings. The van der Waals surface area contributed by atoms with Crippen molar-refractivity contribution in [1.82, 2.24) is 10.2 Å². The fourth-order valence-electron chi connectivity index (χ4n) is 1.46. The molecule has 0 aliphatic carbocycles. The van der Waals surface area contributed by atoms with Gasteiger partial charge in [0.1, 0.15) is 0 Å². The van der Waals surface area contributed by atoms with E-state index in [0.29, 0.717) is 12.1 Å². The smallest absolute Gasteiger partial charge is 0.219 e. The number of carbonyl (C=O) groups is 1. The van der Waals surface area contributed by atoms with E-state index in [0.717, 1.165) is 13.1 Å². The van der Waals surface area contributed by atoms with E-state index in [2.05, 4.69) is 19.2 Å². The van der Waals surface area contributed by atoms with Crippen LogP contribution in [0.4, 0.5) is 0 Å². The average Bonchev–Trinajstić information content (AvgIpc) is 1.94. The Morgan fingerprint density at radius 1 is 1.50 bits per heavy atom. The SMILES string of the molecule is CC(=O)N1CC(C)NCC1C.Cl. The van der Waals surface area contributed by atoms with Crippen LogP contribution in [0.15, 0.2) is 0 Å². The number of nitrogens with zero attached hydrogens (tertiary/aromatic N) is 1. The molecule has 1 saturated heterocycles. The third kappa shape index (κ3) is 2.64. The summed E-state index contributed by atoms with van der Waals surface area (Å²) in [5.74, 6) is 0.186. The van der Waals surface area contributed by atoms with Gasteiger partial charge >= 0.3 is 0 Å². The first-order valence-electron chi connectivity index (χ1n) is 4.12. The van der Waals surface area contributed by atoms with Gasteiger partial charge in [-0.05, 0) is 13.8 Å². The average molecular weight is 193 g/mol. The summed E-state index contributed by atoms with van der Waals surface area (Å²) in [5, 5.41) is 3.32. The molecule has 2 atom stereocenters. The summed E-state index contributed by atoms with van der Waals surface area (Å²) in [7, 11) is 0. The molecule has 12 heavy (non-hydrogen) atoms. The quantitative estimate of drug-likeness (QED) is 0.611. The maximum Gasteiger partial charge on any atom is 0.219 e. The topological polar surface area (TPSA) is 32.3 Å². The molecule has 0 aromatic carbocycles. The Hall–Kier alpha value is -0.280. The van der Waals surface area contributed by atoms with Gasteiger partial charge in [-0.25, -0.2) is 0 Å².